The maximum Gasteiger partial charge on any atom is 0.122 e. The highest BCUT2D eigenvalue weighted by Crippen LogP contribution is 2.21. The van der Waals surface area contributed by atoms with E-state index < -0.39 is 0 Å². The van der Waals surface area contributed by atoms with Gasteiger partial charge >= 0.3 is 0 Å². The summed E-state index contributed by atoms with van der Waals surface area (Å²) in [6.07, 6.45) is 0. The van der Waals surface area contributed by atoms with E-state index >= 15 is 0 Å². The number of rotatable bonds is 2. The standard InChI is InChI=1S/C10H9N5/c1-7-2-4-8(5-3-7)9-6-10(13-12-9)14-15-11/h2-6H,1H3,(H,12,13). The summed E-state index contributed by atoms with van der Waals surface area (Å²) in [4.78, 5) is 2.68. The molecule has 0 aliphatic heterocycles. The van der Waals surface area contributed by atoms with Crippen LogP contribution < -0.4 is 0 Å². The molecule has 0 spiro atoms. The van der Waals surface area contributed by atoms with Gasteiger partial charge < -0.3 is 0 Å². The van der Waals surface area contributed by atoms with Gasteiger partial charge in [0.1, 0.15) is 5.82 Å². The highest BCUT2D eigenvalue weighted by Gasteiger charge is 2.01. The molecule has 1 aromatic carbocycles. The van der Waals surface area contributed by atoms with E-state index in [1.54, 1.807) is 6.07 Å². The van der Waals surface area contributed by atoms with Gasteiger partial charge in [-0.2, -0.15) is 5.10 Å². The number of hydrogen-bond donors (Lipinski definition) is 1. The summed E-state index contributed by atoms with van der Waals surface area (Å²) in [7, 11) is 0. The molecule has 0 aliphatic carbocycles. The van der Waals surface area contributed by atoms with E-state index in [9.17, 15) is 0 Å². The number of aromatic amines is 1. The molecule has 5 nitrogen and oxygen atoms in total. The maximum atomic E-state index is 8.25. The van der Waals surface area contributed by atoms with Crippen molar-refractivity contribution < 1.29 is 0 Å². The Labute approximate surface area is 86.4 Å². The fraction of sp³-hybridized carbons (Fsp3) is 0.100. The van der Waals surface area contributed by atoms with Crippen LogP contribution in [0.1, 0.15) is 5.56 Å². The smallest absolute Gasteiger partial charge is 0.122 e. The number of azide groups is 1. The first-order valence-corrected chi connectivity index (χ1v) is 4.47. The summed E-state index contributed by atoms with van der Waals surface area (Å²) in [5, 5.41) is 10.1. The molecule has 1 aromatic heterocycles. The topological polar surface area (TPSA) is 77.4 Å². The summed E-state index contributed by atoms with van der Waals surface area (Å²) in [5.74, 6) is 0.424. The van der Waals surface area contributed by atoms with Gasteiger partial charge in [0.15, 0.2) is 0 Å². The number of hydrogen-bond acceptors (Lipinski definition) is 2. The highest BCUT2D eigenvalue weighted by atomic mass is 15.2. The lowest BCUT2D eigenvalue weighted by Crippen LogP contribution is -1.77. The Bertz CT molecular complexity index is 505. The number of aryl methyl sites for hydroxylation is 1. The third-order valence-corrected chi connectivity index (χ3v) is 2.06. The van der Waals surface area contributed by atoms with Crippen LogP contribution in [0.15, 0.2) is 35.4 Å². The Morgan fingerprint density at radius 3 is 2.73 bits per heavy atom. The van der Waals surface area contributed by atoms with E-state index in [4.69, 9.17) is 5.53 Å². The van der Waals surface area contributed by atoms with Crippen molar-refractivity contribution in [3.8, 4) is 11.3 Å². The Balaban J connectivity index is 2.37. The van der Waals surface area contributed by atoms with Gasteiger partial charge in [0, 0.05) is 10.5 Å². The fourth-order valence-corrected chi connectivity index (χ4v) is 1.28. The molecule has 1 N–H and O–H groups in total. The largest absolute Gasteiger partial charge is 0.275 e. The number of H-pyrrole nitrogens is 1. The van der Waals surface area contributed by atoms with E-state index in [2.05, 4.69) is 20.2 Å². The monoisotopic (exact) mass is 199 g/mol. The first kappa shape index (κ1) is 9.30. The molecule has 0 unspecified atom stereocenters. The normalized spacial score (nSPS) is 9.67. The fourth-order valence-electron chi connectivity index (χ4n) is 1.28. The third kappa shape index (κ3) is 1.98. The van der Waals surface area contributed by atoms with E-state index in [1.165, 1.54) is 5.56 Å². The van der Waals surface area contributed by atoms with Crippen LogP contribution in [0.3, 0.4) is 0 Å². The lowest BCUT2D eigenvalue weighted by molar-refractivity contribution is 1.08. The quantitative estimate of drug-likeness (QED) is 0.449. The molecule has 0 bridgehead atoms. The van der Waals surface area contributed by atoms with Gasteiger partial charge in [-0.05, 0) is 23.6 Å². The highest BCUT2D eigenvalue weighted by molar-refractivity contribution is 5.61. The van der Waals surface area contributed by atoms with Crippen molar-refractivity contribution in [1.29, 1.82) is 0 Å². The van der Waals surface area contributed by atoms with Crippen molar-refractivity contribution in [3.63, 3.8) is 0 Å². The second kappa shape index (κ2) is 3.86. The molecule has 0 saturated carbocycles. The van der Waals surface area contributed by atoms with Gasteiger partial charge in [-0.25, -0.2) is 0 Å². The van der Waals surface area contributed by atoms with Crippen molar-refractivity contribution in [2.45, 2.75) is 6.92 Å². The SMILES string of the molecule is Cc1ccc(-c2cc(N=[N+]=[N-])[nH]n2)cc1. The summed E-state index contributed by atoms with van der Waals surface area (Å²) >= 11 is 0. The van der Waals surface area contributed by atoms with Gasteiger partial charge in [0.25, 0.3) is 0 Å². The average Bonchev–Trinajstić information content (AvgIpc) is 2.68. The minimum atomic E-state index is 0.424. The molecule has 0 saturated heterocycles. The predicted molar refractivity (Wildman–Crippen MR) is 57.6 cm³/mol. The molecule has 0 aliphatic rings. The summed E-state index contributed by atoms with van der Waals surface area (Å²) < 4.78 is 0. The zero-order valence-corrected chi connectivity index (χ0v) is 8.18. The first-order valence-electron chi connectivity index (χ1n) is 4.47. The predicted octanol–water partition coefficient (Wildman–Crippen LogP) is 3.33. The maximum absolute atomic E-state index is 8.25. The minimum absolute atomic E-state index is 0.424. The molecule has 0 atom stereocenters. The summed E-state index contributed by atoms with van der Waals surface area (Å²) in [6, 6.07) is 9.69. The van der Waals surface area contributed by atoms with Crippen LogP contribution in [-0.2, 0) is 0 Å². The van der Waals surface area contributed by atoms with E-state index in [1.807, 2.05) is 31.2 Å². The lowest BCUT2D eigenvalue weighted by atomic mass is 10.1. The Kier molecular flexibility index (Phi) is 2.39. The van der Waals surface area contributed by atoms with E-state index in [-0.39, 0.29) is 0 Å². The Morgan fingerprint density at radius 2 is 2.07 bits per heavy atom. The van der Waals surface area contributed by atoms with Crippen LogP contribution in [0.5, 0.6) is 0 Å². The van der Waals surface area contributed by atoms with Crippen LogP contribution in [0.4, 0.5) is 5.82 Å². The van der Waals surface area contributed by atoms with Gasteiger partial charge in [-0.3, -0.25) is 5.10 Å². The third-order valence-electron chi connectivity index (χ3n) is 2.06. The number of benzene rings is 1. The van der Waals surface area contributed by atoms with E-state index in [0.717, 1.165) is 11.3 Å². The van der Waals surface area contributed by atoms with Gasteiger partial charge in [0.05, 0.1) is 5.69 Å². The molecule has 15 heavy (non-hydrogen) atoms. The first-order chi connectivity index (χ1) is 7.29. The molecule has 0 amide bonds. The molecule has 2 aromatic rings. The second-order valence-corrected chi connectivity index (χ2v) is 3.19. The average molecular weight is 199 g/mol. The zero-order valence-electron chi connectivity index (χ0n) is 8.18. The van der Waals surface area contributed by atoms with Crippen molar-refractivity contribution >= 4 is 5.82 Å². The number of nitrogens with one attached hydrogen (secondary N) is 1. The van der Waals surface area contributed by atoms with Gasteiger partial charge in [0.2, 0.25) is 0 Å². The molecule has 74 valence electrons. The van der Waals surface area contributed by atoms with Crippen LogP contribution in [0, 0.1) is 6.92 Å². The number of nitrogens with zero attached hydrogens (tertiary/aromatic N) is 4. The minimum Gasteiger partial charge on any atom is -0.275 e. The lowest BCUT2D eigenvalue weighted by Gasteiger charge is -1.95. The van der Waals surface area contributed by atoms with Crippen molar-refractivity contribution in [2.75, 3.05) is 0 Å². The van der Waals surface area contributed by atoms with Crippen molar-refractivity contribution in [3.05, 3.63) is 46.3 Å². The zero-order chi connectivity index (χ0) is 10.7. The van der Waals surface area contributed by atoms with Crippen LogP contribution in [0.25, 0.3) is 21.7 Å². The van der Waals surface area contributed by atoms with E-state index in [0.29, 0.717) is 5.82 Å². The van der Waals surface area contributed by atoms with Crippen molar-refractivity contribution in [2.24, 2.45) is 5.11 Å². The molecule has 0 fully saturated rings. The Morgan fingerprint density at radius 1 is 1.33 bits per heavy atom. The van der Waals surface area contributed by atoms with Crippen LogP contribution >= 0.6 is 0 Å². The van der Waals surface area contributed by atoms with Crippen LogP contribution in [-0.4, -0.2) is 10.2 Å². The molecule has 1 heterocycles. The Hall–Kier alpha value is -2.26. The molecular formula is C10H9N5. The molecule has 5 heteroatoms. The molecular weight excluding hydrogens is 190 g/mol. The van der Waals surface area contributed by atoms with Crippen LogP contribution in [0.2, 0.25) is 0 Å². The molecule has 2 rings (SSSR count). The number of aromatic nitrogens is 2. The second-order valence-electron chi connectivity index (χ2n) is 3.19. The van der Waals surface area contributed by atoms with Crippen molar-refractivity contribution in [1.82, 2.24) is 10.2 Å². The van der Waals surface area contributed by atoms with Gasteiger partial charge in [-0.1, -0.05) is 29.8 Å². The van der Waals surface area contributed by atoms with Gasteiger partial charge in [-0.15, -0.1) is 0 Å². The molecule has 0 radical (unpaired) electrons. The summed E-state index contributed by atoms with van der Waals surface area (Å²) in [5.41, 5.74) is 11.2. The summed E-state index contributed by atoms with van der Waals surface area (Å²) in [6.45, 7) is 2.03.